The largest absolute Gasteiger partial charge is 0.317 e. The highest BCUT2D eigenvalue weighted by Gasteiger charge is 2.38. The highest BCUT2D eigenvalue weighted by molar-refractivity contribution is 5.32. The smallest absolute Gasteiger partial charge is 0.274 e. The number of hydrogen-bond acceptors (Lipinski definition) is 1. The Balaban J connectivity index is 1.66. The molecule has 1 aromatic heterocycles. The van der Waals surface area contributed by atoms with Crippen LogP contribution in [0.15, 0.2) is 24.4 Å². The summed E-state index contributed by atoms with van der Waals surface area (Å²) in [6.45, 7) is 7.94. The molecule has 0 aliphatic carbocycles. The van der Waals surface area contributed by atoms with Crippen LogP contribution in [0.25, 0.3) is 0 Å². The van der Waals surface area contributed by atoms with Gasteiger partial charge in [0.1, 0.15) is 26.2 Å². The summed E-state index contributed by atoms with van der Waals surface area (Å²) >= 11 is 0. The van der Waals surface area contributed by atoms with Gasteiger partial charge >= 0.3 is 0 Å². The number of anilines is 1. The number of nitrogens with zero attached hydrogens (tertiary/aromatic N) is 2. The Labute approximate surface area is 97.3 Å². The second-order valence-corrected chi connectivity index (χ2v) is 5.18. The number of aromatic nitrogens is 1. The van der Waals surface area contributed by atoms with Crippen molar-refractivity contribution in [1.29, 1.82) is 0 Å². The Morgan fingerprint density at radius 2 is 1.75 bits per heavy atom. The molecule has 1 spiro atoms. The molecule has 1 aromatic rings. The molecule has 0 bridgehead atoms. The highest BCUT2D eigenvalue weighted by Crippen LogP contribution is 2.23. The molecule has 0 radical (unpaired) electrons. The zero-order chi connectivity index (χ0) is 10.8. The van der Waals surface area contributed by atoms with Gasteiger partial charge in [0.05, 0.1) is 19.3 Å². The van der Waals surface area contributed by atoms with Crippen LogP contribution in [0.2, 0.25) is 0 Å². The van der Waals surface area contributed by atoms with Crippen molar-refractivity contribution in [1.82, 2.24) is 0 Å². The maximum atomic E-state index is 3.34. The summed E-state index contributed by atoms with van der Waals surface area (Å²) in [5.41, 5.74) is 0. The van der Waals surface area contributed by atoms with Crippen molar-refractivity contribution >= 4 is 5.82 Å². The van der Waals surface area contributed by atoms with Crippen molar-refractivity contribution in [3.8, 4) is 0 Å². The Morgan fingerprint density at radius 3 is 2.38 bits per heavy atom. The van der Waals surface area contributed by atoms with Crippen molar-refractivity contribution in [3.05, 3.63) is 24.4 Å². The molecule has 3 heteroatoms. The molecule has 2 aliphatic heterocycles. The third-order valence-electron chi connectivity index (χ3n) is 4.24. The number of piperazine rings is 1. The van der Waals surface area contributed by atoms with Crippen LogP contribution in [0.3, 0.4) is 0 Å². The van der Waals surface area contributed by atoms with Crippen molar-refractivity contribution in [2.45, 2.75) is 12.8 Å². The topological polar surface area (TPSA) is 17.4 Å². The first-order valence-corrected chi connectivity index (χ1v) is 6.45. The van der Waals surface area contributed by atoms with E-state index in [1.54, 1.807) is 0 Å². The van der Waals surface area contributed by atoms with E-state index in [1.807, 2.05) is 12.3 Å². The van der Waals surface area contributed by atoms with E-state index in [9.17, 15) is 0 Å². The lowest BCUT2D eigenvalue weighted by atomic mass is 10.2. The second kappa shape index (κ2) is 4.06. The summed E-state index contributed by atoms with van der Waals surface area (Å²) < 4.78 is 1.39. The first kappa shape index (κ1) is 10.1. The second-order valence-electron chi connectivity index (χ2n) is 5.18. The number of quaternary nitrogens is 1. The molecule has 2 fully saturated rings. The zero-order valence-electron chi connectivity index (χ0n) is 9.86. The van der Waals surface area contributed by atoms with Gasteiger partial charge in [0, 0.05) is 18.9 Å². The van der Waals surface area contributed by atoms with Gasteiger partial charge in [0.25, 0.3) is 5.82 Å². The summed E-state index contributed by atoms with van der Waals surface area (Å²) in [5.74, 6) is 1.28. The van der Waals surface area contributed by atoms with Crippen molar-refractivity contribution in [2.24, 2.45) is 0 Å². The van der Waals surface area contributed by atoms with Gasteiger partial charge in [-0.05, 0) is 6.07 Å². The van der Waals surface area contributed by atoms with Gasteiger partial charge in [-0.2, -0.15) is 0 Å². The van der Waals surface area contributed by atoms with Crippen LogP contribution in [0.4, 0.5) is 5.82 Å². The maximum Gasteiger partial charge on any atom is 0.274 e. The third-order valence-corrected chi connectivity index (χ3v) is 4.24. The highest BCUT2D eigenvalue weighted by atomic mass is 15.4. The van der Waals surface area contributed by atoms with E-state index in [1.165, 1.54) is 62.4 Å². The number of rotatable bonds is 1. The number of hydrogen-bond donors (Lipinski definition) is 0. The molecule has 0 atom stereocenters. The Morgan fingerprint density at radius 1 is 1.00 bits per heavy atom. The minimum atomic E-state index is 1.21. The van der Waals surface area contributed by atoms with Crippen LogP contribution in [0.1, 0.15) is 12.8 Å². The summed E-state index contributed by atoms with van der Waals surface area (Å²) in [6, 6.07) is 6.34. The molecule has 3 nitrogen and oxygen atoms in total. The Kier molecular flexibility index (Phi) is 2.56. The maximum absolute atomic E-state index is 3.34. The molecule has 86 valence electrons. The molecule has 2 saturated heterocycles. The number of pyridine rings is 1. The van der Waals surface area contributed by atoms with Gasteiger partial charge in [0.2, 0.25) is 0 Å². The Bertz CT molecular complexity index is 333. The van der Waals surface area contributed by atoms with Gasteiger partial charge in [-0.1, -0.05) is 6.07 Å². The van der Waals surface area contributed by atoms with E-state index < -0.39 is 0 Å². The van der Waals surface area contributed by atoms with Gasteiger partial charge in [-0.15, -0.1) is 0 Å². The lowest BCUT2D eigenvalue weighted by molar-refractivity contribution is -0.917. The molecule has 0 aromatic carbocycles. The van der Waals surface area contributed by atoms with Crippen LogP contribution in [0, 0.1) is 0 Å². The van der Waals surface area contributed by atoms with Crippen LogP contribution in [-0.2, 0) is 0 Å². The average Bonchev–Trinajstić information content (AvgIpc) is 2.80. The van der Waals surface area contributed by atoms with Crippen LogP contribution < -0.4 is 9.88 Å². The van der Waals surface area contributed by atoms with E-state index in [0.29, 0.717) is 0 Å². The van der Waals surface area contributed by atoms with Crippen LogP contribution in [0.5, 0.6) is 0 Å². The molecule has 3 heterocycles. The van der Waals surface area contributed by atoms with E-state index >= 15 is 0 Å². The summed E-state index contributed by atoms with van der Waals surface area (Å²) in [6.07, 6.45) is 4.90. The molecular weight excluding hydrogens is 198 g/mol. The normalized spacial score (nSPS) is 23.9. The standard InChI is InChI=1S/C13H20N3/c1-2-6-14-13(5-1)15-7-11-16(12-8-15)9-3-4-10-16/h1-2,5-6H,3-4,7-12H2/q+1/p+1. The van der Waals surface area contributed by atoms with Crippen LogP contribution in [-0.4, -0.2) is 43.8 Å². The quantitative estimate of drug-likeness (QED) is 0.642. The van der Waals surface area contributed by atoms with Gasteiger partial charge < -0.3 is 4.48 Å². The number of aromatic amines is 1. The van der Waals surface area contributed by atoms with Gasteiger partial charge in [-0.3, -0.25) is 4.90 Å². The fraction of sp³-hybridized carbons (Fsp3) is 0.615. The van der Waals surface area contributed by atoms with Crippen molar-refractivity contribution < 1.29 is 9.47 Å². The van der Waals surface area contributed by atoms with E-state index in [0.717, 1.165) is 0 Å². The summed E-state index contributed by atoms with van der Waals surface area (Å²) in [4.78, 5) is 5.82. The van der Waals surface area contributed by atoms with E-state index in [-0.39, 0.29) is 0 Å². The molecular formula is C13H21N3+2. The van der Waals surface area contributed by atoms with Crippen molar-refractivity contribution in [3.63, 3.8) is 0 Å². The number of nitrogens with one attached hydrogen (secondary N) is 1. The predicted molar refractivity (Wildman–Crippen MR) is 64.2 cm³/mol. The lowest BCUT2D eigenvalue weighted by Gasteiger charge is -2.39. The van der Waals surface area contributed by atoms with E-state index in [2.05, 4.69) is 22.0 Å². The van der Waals surface area contributed by atoms with E-state index in [4.69, 9.17) is 0 Å². The predicted octanol–water partition coefficient (Wildman–Crippen LogP) is 0.931. The van der Waals surface area contributed by atoms with Gasteiger partial charge in [0.15, 0.2) is 0 Å². The minimum Gasteiger partial charge on any atom is -0.317 e. The minimum absolute atomic E-state index is 1.21. The molecule has 0 amide bonds. The molecule has 0 unspecified atom stereocenters. The third kappa shape index (κ3) is 1.80. The molecule has 1 N–H and O–H groups in total. The number of H-pyrrole nitrogens is 1. The Hall–Kier alpha value is -1.09. The molecule has 0 saturated carbocycles. The van der Waals surface area contributed by atoms with Crippen molar-refractivity contribution in [2.75, 3.05) is 44.2 Å². The first-order chi connectivity index (χ1) is 7.88. The first-order valence-electron chi connectivity index (χ1n) is 6.45. The van der Waals surface area contributed by atoms with Gasteiger partial charge in [-0.25, -0.2) is 4.98 Å². The summed E-state index contributed by atoms with van der Waals surface area (Å²) in [5, 5.41) is 0. The fourth-order valence-electron chi connectivity index (χ4n) is 3.16. The fourth-order valence-corrected chi connectivity index (χ4v) is 3.16. The molecule has 2 aliphatic rings. The molecule has 3 rings (SSSR count). The van der Waals surface area contributed by atoms with Crippen LogP contribution >= 0.6 is 0 Å². The molecule has 16 heavy (non-hydrogen) atoms. The lowest BCUT2D eigenvalue weighted by Crippen LogP contribution is -2.58. The SMILES string of the molecule is c1ccc(N2CC[N+]3(CCCC3)CC2)[nH+]c1. The average molecular weight is 219 g/mol. The zero-order valence-corrected chi connectivity index (χ0v) is 9.86. The monoisotopic (exact) mass is 219 g/mol. The summed E-state index contributed by atoms with van der Waals surface area (Å²) in [7, 11) is 0.